The van der Waals surface area contributed by atoms with Crippen molar-refractivity contribution in [2.75, 3.05) is 23.0 Å². The van der Waals surface area contributed by atoms with Crippen molar-refractivity contribution in [1.82, 2.24) is 0 Å². The van der Waals surface area contributed by atoms with E-state index in [1.54, 1.807) is 0 Å². The van der Waals surface area contributed by atoms with Crippen LogP contribution in [0.3, 0.4) is 0 Å². The molecule has 0 bridgehead atoms. The first-order valence-corrected chi connectivity index (χ1v) is 32.9. The second-order valence-electron chi connectivity index (χ2n) is 11.4. The van der Waals surface area contributed by atoms with E-state index in [0.717, 1.165) is 0 Å². The minimum atomic E-state index is -1.57. The van der Waals surface area contributed by atoms with Crippen molar-refractivity contribution < 1.29 is 0 Å². The third kappa shape index (κ3) is 30.7. The molecule has 0 nitrogen and oxygen atoms in total. The van der Waals surface area contributed by atoms with Gasteiger partial charge in [0.25, 0.3) is 0 Å². The molecule has 0 amide bonds. The Morgan fingerprint density at radius 3 is 0.714 bits per heavy atom. The van der Waals surface area contributed by atoms with Crippen LogP contribution in [0.25, 0.3) is 0 Å². The summed E-state index contributed by atoms with van der Waals surface area (Å²) >= 11 is 21.7. The first-order chi connectivity index (χ1) is 20.4. The molecule has 0 aromatic carbocycles. The predicted molar refractivity (Wildman–Crippen MR) is 227 cm³/mol. The van der Waals surface area contributed by atoms with Crippen molar-refractivity contribution in [3.63, 3.8) is 0 Å². The summed E-state index contributed by atoms with van der Waals surface area (Å²) in [6.45, 7) is 9.23. The van der Waals surface area contributed by atoms with Crippen LogP contribution in [0.15, 0.2) is 0 Å². The van der Waals surface area contributed by atoms with Crippen molar-refractivity contribution in [2.24, 2.45) is 0 Å². The quantitative estimate of drug-likeness (QED) is 0.0350. The second kappa shape index (κ2) is 34.3. The summed E-state index contributed by atoms with van der Waals surface area (Å²) in [5.74, 6) is 5.00. The Hall–Kier alpha value is 3.40. The summed E-state index contributed by atoms with van der Waals surface area (Å²) in [5, 5.41) is 0. The Labute approximate surface area is 299 Å². The fourth-order valence-corrected chi connectivity index (χ4v) is 47.6. The van der Waals surface area contributed by atoms with E-state index in [2.05, 4.69) is 94.0 Å². The molecule has 0 spiro atoms. The lowest BCUT2D eigenvalue weighted by Crippen LogP contribution is -1.84. The zero-order valence-electron chi connectivity index (χ0n) is 28.0. The fraction of sp³-hybridized carbons (Fsp3) is 1.00. The Morgan fingerprint density at radius 1 is 0.310 bits per heavy atom. The van der Waals surface area contributed by atoms with E-state index in [9.17, 15) is 0 Å². The molecular weight excluding hydrogens is 703 g/mol. The van der Waals surface area contributed by atoms with Gasteiger partial charge in [0.05, 0.1) is 0 Å². The molecule has 254 valence electrons. The zero-order valence-corrected chi connectivity index (χ0v) is 36.3. The Kier molecular flexibility index (Phi) is 37.0. The van der Waals surface area contributed by atoms with E-state index in [4.69, 9.17) is 23.6 Å². The maximum Gasteiger partial charge on any atom is 0.119 e. The van der Waals surface area contributed by atoms with Gasteiger partial charge >= 0.3 is 0 Å². The molecule has 0 aliphatic carbocycles. The van der Waals surface area contributed by atoms with Crippen LogP contribution in [0.4, 0.5) is 0 Å². The molecule has 0 heterocycles. The van der Waals surface area contributed by atoms with Crippen LogP contribution >= 0.6 is 73.6 Å². The van der Waals surface area contributed by atoms with Gasteiger partial charge in [-0.2, -0.15) is 0 Å². The standard InChI is InChI=1S/C32H68P2S8/c1-5-9-13-17-21-25-29-37-33(35,38-30-26-22-18-14-10-6-2)41-42-34(36,39-31-27-23-19-15-11-7-3)40-32-28-24-20-16-12-8-4/h5-32H2,1-4H3. The maximum absolute atomic E-state index is 6.53. The van der Waals surface area contributed by atoms with Gasteiger partial charge < -0.3 is 0 Å². The average molecular weight is 771 g/mol. The van der Waals surface area contributed by atoms with Crippen LogP contribution in [-0.2, 0) is 23.6 Å². The van der Waals surface area contributed by atoms with Gasteiger partial charge in [-0.05, 0) is 69.5 Å². The van der Waals surface area contributed by atoms with Gasteiger partial charge in [-0.1, -0.05) is 180 Å². The molecule has 0 N–H and O–H groups in total. The van der Waals surface area contributed by atoms with Crippen molar-refractivity contribution in [2.45, 2.75) is 182 Å². The zero-order chi connectivity index (χ0) is 31.0. The Bertz CT molecular complexity index is 552. The monoisotopic (exact) mass is 770 g/mol. The summed E-state index contributed by atoms with van der Waals surface area (Å²) < 4.78 is -3.15. The third-order valence-electron chi connectivity index (χ3n) is 7.21. The molecular formula is C32H68P2S8. The highest BCUT2D eigenvalue weighted by molar-refractivity contribution is 9.47. The van der Waals surface area contributed by atoms with Gasteiger partial charge in [-0.25, -0.2) is 0 Å². The van der Waals surface area contributed by atoms with Crippen LogP contribution in [0.2, 0.25) is 0 Å². The van der Waals surface area contributed by atoms with Crippen molar-refractivity contribution in [3.8, 4) is 0 Å². The van der Waals surface area contributed by atoms with Crippen LogP contribution in [0.5, 0.6) is 0 Å². The van der Waals surface area contributed by atoms with Gasteiger partial charge in [0.1, 0.15) is 7.29 Å². The highest BCUT2D eigenvalue weighted by Gasteiger charge is 2.27. The van der Waals surface area contributed by atoms with E-state index in [1.165, 1.54) is 177 Å². The number of hydrogen-bond acceptors (Lipinski definition) is 8. The molecule has 0 saturated heterocycles. The normalized spacial score (nSPS) is 12.4. The molecule has 0 fully saturated rings. The van der Waals surface area contributed by atoms with E-state index >= 15 is 0 Å². The topological polar surface area (TPSA) is 0 Å². The van der Waals surface area contributed by atoms with Crippen molar-refractivity contribution >= 4 is 97.3 Å². The van der Waals surface area contributed by atoms with E-state index in [1.807, 2.05) is 0 Å². The molecule has 0 aliphatic rings. The molecule has 10 heteroatoms. The fourth-order valence-electron chi connectivity index (χ4n) is 4.48. The number of hydrogen-bond donors (Lipinski definition) is 0. The first kappa shape index (κ1) is 45.4. The molecule has 0 aliphatic heterocycles. The van der Waals surface area contributed by atoms with Crippen LogP contribution in [0, 0.1) is 0 Å². The summed E-state index contributed by atoms with van der Waals surface area (Å²) in [7, 11) is 4.19. The van der Waals surface area contributed by atoms with Crippen molar-refractivity contribution in [3.05, 3.63) is 0 Å². The Balaban J connectivity index is 4.98. The predicted octanol–water partition coefficient (Wildman–Crippen LogP) is 17.2. The van der Waals surface area contributed by atoms with Gasteiger partial charge in [0.15, 0.2) is 0 Å². The minimum absolute atomic E-state index is 1.25. The van der Waals surface area contributed by atoms with Crippen LogP contribution in [-0.4, -0.2) is 23.0 Å². The minimum Gasteiger partial charge on any atom is -0.103 e. The maximum atomic E-state index is 6.53. The highest BCUT2D eigenvalue weighted by atomic mass is 33.8. The largest absolute Gasteiger partial charge is 0.119 e. The van der Waals surface area contributed by atoms with Gasteiger partial charge in [-0.3, -0.25) is 0 Å². The lowest BCUT2D eigenvalue weighted by atomic mass is 10.1. The molecule has 0 saturated carbocycles. The smallest absolute Gasteiger partial charge is 0.103 e. The second-order valence-corrected chi connectivity index (χ2v) is 44.3. The van der Waals surface area contributed by atoms with E-state index < -0.39 is 7.29 Å². The summed E-state index contributed by atoms with van der Waals surface area (Å²) in [5.41, 5.74) is 0. The van der Waals surface area contributed by atoms with Crippen molar-refractivity contribution in [1.29, 1.82) is 0 Å². The highest BCUT2D eigenvalue weighted by Crippen LogP contribution is 2.91. The van der Waals surface area contributed by atoms with E-state index in [-0.39, 0.29) is 0 Å². The lowest BCUT2D eigenvalue weighted by Gasteiger charge is -2.25. The number of unbranched alkanes of at least 4 members (excludes halogenated alkanes) is 20. The SMILES string of the molecule is CCCCCCCCSP(=S)(SCCCCCCCC)SSP(=S)(SCCCCCCCC)SCCCCCCCC. The van der Waals surface area contributed by atoms with Crippen LogP contribution in [0.1, 0.15) is 182 Å². The number of rotatable bonds is 35. The van der Waals surface area contributed by atoms with Gasteiger partial charge in [0, 0.05) is 0 Å². The molecule has 0 aromatic heterocycles. The van der Waals surface area contributed by atoms with Gasteiger partial charge in [-0.15, -0.1) is 45.5 Å². The van der Waals surface area contributed by atoms with Gasteiger partial charge in [0.2, 0.25) is 0 Å². The molecule has 42 heavy (non-hydrogen) atoms. The molecule has 0 atom stereocenters. The molecule has 0 aromatic rings. The summed E-state index contributed by atoms with van der Waals surface area (Å²) in [6, 6.07) is 0. The summed E-state index contributed by atoms with van der Waals surface area (Å²) in [6.07, 6.45) is 33.0. The first-order valence-electron chi connectivity index (χ1n) is 17.6. The average Bonchev–Trinajstić information content (AvgIpc) is 2.98. The Morgan fingerprint density at radius 2 is 0.500 bits per heavy atom. The molecule has 0 radical (unpaired) electrons. The molecule has 0 unspecified atom stereocenters. The summed E-state index contributed by atoms with van der Waals surface area (Å²) in [4.78, 5) is 0. The van der Waals surface area contributed by atoms with Crippen LogP contribution < -0.4 is 0 Å². The third-order valence-corrected chi connectivity index (χ3v) is 45.0. The van der Waals surface area contributed by atoms with E-state index in [0.29, 0.717) is 0 Å². The molecule has 0 rings (SSSR count). The lowest BCUT2D eigenvalue weighted by molar-refractivity contribution is 0.627.